The molecule has 1 heterocycles. The summed E-state index contributed by atoms with van der Waals surface area (Å²) in [5.41, 5.74) is 0. The molecule has 1 aliphatic heterocycles. The van der Waals surface area contributed by atoms with Crippen molar-refractivity contribution in [1.29, 1.82) is 0 Å². The number of amides is 1. The summed E-state index contributed by atoms with van der Waals surface area (Å²) in [4.78, 5) is 11.4. The summed E-state index contributed by atoms with van der Waals surface area (Å²) in [5.74, 6) is -0.0475. The van der Waals surface area contributed by atoms with Crippen molar-refractivity contribution >= 4 is 5.91 Å². The van der Waals surface area contributed by atoms with Gasteiger partial charge in [-0.3, -0.25) is 4.79 Å². The predicted octanol–water partition coefficient (Wildman–Crippen LogP) is -1.96. The highest BCUT2D eigenvalue weighted by Crippen LogP contribution is 1.89. The molecule has 5 heteroatoms. The van der Waals surface area contributed by atoms with Gasteiger partial charge in [0.1, 0.15) is 0 Å². The van der Waals surface area contributed by atoms with Gasteiger partial charge in [0.2, 0.25) is 5.91 Å². The van der Waals surface area contributed by atoms with Crippen LogP contribution >= 0.6 is 0 Å². The Kier molecular flexibility index (Phi) is 4.14. The smallest absolute Gasteiger partial charge is 0.238 e. The van der Waals surface area contributed by atoms with E-state index < -0.39 is 0 Å². The van der Waals surface area contributed by atoms with Crippen LogP contribution in [0.15, 0.2) is 0 Å². The number of nitrogens with one attached hydrogen (secondary N) is 3. The van der Waals surface area contributed by atoms with Crippen molar-refractivity contribution in [1.82, 2.24) is 16.0 Å². The number of hydrogen-bond donors (Lipinski definition) is 4. The highest BCUT2D eigenvalue weighted by molar-refractivity contribution is 5.82. The zero-order valence-corrected chi connectivity index (χ0v) is 7.84. The van der Waals surface area contributed by atoms with Gasteiger partial charge in [-0.15, -0.1) is 0 Å². The number of rotatable bonds is 3. The molecule has 2 unspecified atom stereocenters. The Bertz CT molecular complexity index is 169. The number of carbonyl (C=O) groups excluding carboxylic acids is 1. The molecule has 0 saturated carbocycles. The Balaban J connectivity index is 2.29. The van der Waals surface area contributed by atoms with E-state index in [4.69, 9.17) is 5.11 Å². The third kappa shape index (κ3) is 3.30. The molecule has 0 spiro atoms. The van der Waals surface area contributed by atoms with Gasteiger partial charge < -0.3 is 21.1 Å². The summed E-state index contributed by atoms with van der Waals surface area (Å²) in [7, 11) is 0. The lowest BCUT2D eigenvalue weighted by atomic mass is 10.2. The molecule has 1 aliphatic rings. The van der Waals surface area contributed by atoms with E-state index in [9.17, 15) is 4.79 Å². The largest absolute Gasteiger partial charge is 0.394 e. The molecule has 76 valence electrons. The average Bonchev–Trinajstić information content (AvgIpc) is 2.19. The van der Waals surface area contributed by atoms with Gasteiger partial charge in [-0.2, -0.15) is 0 Å². The Hall–Kier alpha value is -0.650. The SMILES string of the molecule is CC(CO)NC(=O)C1CNCCN1. The third-order valence-electron chi connectivity index (χ3n) is 2.02. The maximum absolute atomic E-state index is 11.4. The van der Waals surface area contributed by atoms with Gasteiger partial charge >= 0.3 is 0 Å². The lowest BCUT2D eigenvalue weighted by molar-refractivity contribution is -0.124. The molecule has 1 rings (SSSR count). The van der Waals surface area contributed by atoms with E-state index in [0.29, 0.717) is 6.54 Å². The van der Waals surface area contributed by atoms with Crippen molar-refractivity contribution in [3.63, 3.8) is 0 Å². The minimum atomic E-state index is -0.170. The molecule has 0 aliphatic carbocycles. The van der Waals surface area contributed by atoms with Crippen molar-refractivity contribution in [3.05, 3.63) is 0 Å². The van der Waals surface area contributed by atoms with Crippen LogP contribution in [0.25, 0.3) is 0 Å². The summed E-state index contributed by atoms with van der Waals surface area (Å²) in [6.07, 6.45) is 0. The van der Waals surface area contributed by atoms with Gasteiger partial charge in [-0.05, 0) is 6.92 Å². The summed E-state index contributed by atoms with van der Waals surface area (Å²) in [6.45, 7) is 4.12. The van der Waals surface area contributed by atoms with Gasteiger partial charge in [0.15, 0.2) is 0 Å². The molecule has 0 aromatic heterocycles. The van der Waals surface area contributed by atoms with Crippen LogP contribution in [0.3, 0.4) is 0 Å². The number of aliphatic hydroxyl groups is 1. The zero-order chi connectivity index (χ0) is 9.68. The van der Waals surface area contributed by atoms with Crippen LogP contribution in [0.1, 0.15) is 6.92 Å². The predicted molar refractivity (Wildman–Crippen MR) is 49.4 cm³/mol. The van der Waals surface area contributed by atoms with Gasteiger partial charge in [0.05, 0.1) is 12.6 Å². The molecule has 0 aromatic carbocycles. The highest BCUT2D eigenvalue weighted by atomic mass is 16.3. The molecule has 2 atom stereocenters. The first-order valence-electron chi connectivity index (χ1n) is 4.59. The first kappa shape index (κ1) is 10.4. The molecular weight excluding hydrogens is 170 g/mol. The first-order chi connectivity index (χ1) is 6.24. The monoisotopic (exact) mass is 187 g/mol. The fraction of sp³-hybridized carbons (Fsp3) is 0.875. The summed E-state index contributed by atoms with van der Waals surface area (Å²) in [5, 5.41) is 17.7. The van der Waals surface area contributed by atoms with Gasteiger partial charge in [-0.1, -0.05) is 0 Å². The molecule has 5 nitrogen and oxygen atoms in total. The normalized spacial score (nSPS) is 25.2. The Labute approximate surface area is 77.9 Å². The number of hydrogen-bond acceptors (Lipinski definition) is 4. The van der Waals surface area contributed by atoms with Gasteiger partial charge in [-0.25, -0.2) is 0 Å². The van der Waals surface area contributed by atoms with Crippen molar-refractivity contribution in [2.75, 3.05) is 26.2 Å². The molecule has 4 N–H and O–H groups in total. The van der Waals surface area contributed by atoms with Crippen molar-refractivity contribution in [2.24, 2.45) is 0 Å². The minimum absolute atomic E-state index is 0.0219. The van der Waals surface area contributed by atoms with Crippen molar-refractivity contribution in [2.45, 2.75) is 19.0 Å². The number of carbonyl (C=O) groups is 1. The van der Waals surface area contributed by atoms with Crippen molar-refractivity contribution in [3.8, 4) is 0 Å². The van der Waals surface area contributed by atoms with Gasteiger partial charge in [0, 0.05) is 25.7 Å². The molecule has 13 heavy (non-hydrogen) atoms. The summed E-state index contributed by atoms with van der Waals surface area (Å²) < 4.78 is 0. The van der Waals surface area contributed by atoms with E-state index >= 15 is 0 Å². The Morgan fingerprint density at radius 1 is 1.69 bits per heavy atom. The van der Waals surface area contributed by atoms with Crippen molar-refractivity contribution < 1.29 is 9.90 Å². The fourth-order valence-electron chi connectivity index (χ4n) is 1.23. The van der Waals surface area contributed by atoms with Crippen LogP contribution in [0.4, 0.5) is 0 Å². The van der Waals surface area contributed by atoms with Crippen LogP contribution in [0, 0.1) is 0 Å². The minimum Gasteiger partial charge on any atom is -0.394 e. The van der Waals surface area contributed by atoms with E-state index in [2.05, 4.69) is 16.0 Å². The fourth-order valence-corrected chi connectivity index (χ4v) is 1.23. The number of piperazine rings is 1. The maximum atomic E-state index is 11.4. The first-order valence-corrected chi connectivity index (χ1v) is 4.59. The van der Waals surface area contributed by atoms with Crippen LogP contribution in [0.2, 0.25) is 0 Å². The number of aliphatic hydroxyl groups excluding tert-OH is 1. The summed E-state index contributed by atoms with van der Waals surface area (Å²) >= 11 is 0. The standard InChI is InChI=1S/C8H17N3O2/c1-6(5-12)11-8(13)7-4-9-2-3-10-7/h6-7,9-10,12H,2-5H2,1H3,(H,11,13). The second-order valence-electron chi connectivity index (χ2n) is 3.30. The Morgan fingerprint density at radius 3 is 3.00 bits per heavy atom. The Morgan fingerprint density at radius 2 is 2.46 bits per heavy atom. The average molecular weight is 187 g/mol. The van der Waals surface area contributed by atoms with E-state index in [0.717, 1.165) is 13.1 Å². The topological polar surface area (TPSA) is 73.4 Å². The van der Waals surface area contributed by atoms with Crippen LogP contribution < -0.4 is 16.0 Å². The molecule has 0 bridgehead atoms. The van der Waals surface area contributed by atoms with E-state index in [1.54, 1.807) is 6.92 Å². The van der Waals surface area contributed by atoms with Gasteiger partial charge in [0.25, 0.3) is 0 Å². The quantitative estimate of drug-likeness (QED) is 0.414. The van der Waals surface area contributed by atoms with Crippen LogP contribution in [-0.4, -0.2) is 49.3 Å². The van der Waals surface area contributed by atoms with E-state index in [-0.39, 0.29) is 24.6 Å². The molecule has 0 radical (unpaired) electrons. The second-order valence-corrected chi connectivity index (χ2v) is 3.30. The van der Waals surface area contributed by atoms with Crippen LogP contribution in [0.5, 0.6) is 0 Å². The maximum Gasteiger partial charge on any atom is 0.238 e. The van der Waals surface area contributed by atoms with Crippen LogP contribution in [-0.2, 0) is 4.79 Å². The molecule has 1 fully saturated rings. The summed E-state index contributed by atoms with van der Waals surface area (Å²) in [6, 6.07) is -0.334. The van der Waals surface area contributed by atoms with E-state index in [1.807, 2.05) is 0 Å². The molecule has 1 amide bonds. The molecular formula is C8H17N3O2. The zero-order valence-electron chi connectivity index (χ0n) is 7.84. The molecule has 1 saturated heterocycles. The molecule has 0 aromatic rings. The third-order valence-corrected chi connectivity index (χ3v) is 2.02. The lowest BCUT2D eigenvalue weighted by Crippen LogP contribution is -2.57. The van der Waals surface area contributed by atoms with E-state index in [1.165, 1.54) is 0 Å². The second kappa shape index (κ2) is 5.16. The highest BCUT2D eigenvalue weighted by Gasteiger charge is 2.20. The lowest BCUT2D eigenvalue weighted by Gasteiger charge is -2.24.